The first-order valence-corrected chi connectivity index (χ1v) is 4.44. The highest BCUT2D eigenvalue weighted by Crippen LogP contribution is 2.36. The van der Waals surface area contributed by atoms with Crippen LogP contribution in [0.4, 0.5) is 0 Å². The molecule has 0 saturated heterocycles. The number of hydrogen-bond acceptors (Lipinski definition) is 3. The molecule has 1 N–H and O–H groups in total. The van der Waals surface area contributed by atoms with Crippen LogP contribution in [0.5, 0.6) is 11.5 Å². The van der Waals surface area contributed by atoms with E-state index in [0.29, 0.717) is 11.5 Å². The molecule has 0 heterocycles. The smallest absolute Gasteiger partial charge is 0.166 e. The first-order chi connectivity index (χ1) is 6.50. The third-order valence-corrected chi connectivity index (χ3v) is 2.06. The monoisotopic (exact) mass is 196 g/mol. The van der Waals surface area contributed by atoms with E-state index in [0.717, 1.165) is 5.56 Å². The molecule has 14 heavy (non-hydrogen) atoms. The Morgan fingerprint density at radius 1 is 1.14 bits per heavy atom. The lowest BCUT2D eigenvalue weighted by molar-refractivity contribution is 0.0751. The normalized spacial score (nSPS) is 11.2. The maximum Gasteiger partial charge on any atom is 0.166 e. The number of ether oxygens (including phenoxy) is 2. The quantitative estimate of drug-likeness (QED) is 0.802. The van der Waals surface area contributed by atoms with E-state index in [1.807, 2.05) is 12.1 Å². The first kappa shape index (κ1) is 10.9. The van der Waals surface area contributed by atoms with Crippen molar-refractivity contribution in [1.29, 1.82) is 0 Å². The molecule has 3 nitrogen and oxygen atoms in total. The van der Waals surface area contributed by atoms with Crippen molar-refractivity contribution in [2.75, 3.05) is 14.2 Å². The molecule has 0 bridgehead atoms. The van der Waals surface area contributed by atoms with E-state index >= 15 is 0 Å². The van der Waals surface area contributed by atoms with Gasteiger partial charge >= 0.3 is 0 Å². The molecule has 0 aromatic heterocycles. The summed E-state index contributed by atoms with van der Waals surface area (Å²) in [6.07, 6.45) is 0. The molecule has 0 amide bonds. The summed E-state index contributed by atoms with van der Waals surface area (Å²) in [5.74, 6) is 1.22. The number of para-hydroxylation sites is 1. The second-order valence-corrected chi connectivity index (χ2v) is 3.60. The van der Waals surface area contributed by atoms with Crippen molar-refractivity contribution in [3.05, 3.63) is 23.8 Å². The largest absolute Gasteiger partial charge is 0.493 e. The van der Waals surface area contributed by atoms with E-state index in [2.05, 4.69) is 0 Å². The van der Waals surface area contributed by atoms with Crippen molar-refractivity contribution >= 4 is 0 Å². The summed E-state index contributed by atoms with van der Waals surface area (Å²) in [5, 5.41) is 9.89. The van der Waals surface area contributed by atoms with Crippen LogP contribution in [-0.4, -0.2) is 19.3 Å². The van der Waals surface area contributed by atoms with Gasteiger partial charge in [-0.1, -0.05) is 12.1 Å². The SMILES string of the molecule is COc1cccc(C(C)(C)O)c1OC. The molecule has 0 aliphatic rings. The standard InChI is InChI=1S/C11H16O3/c1-11(2,12)8-6-5-7-9(13-3)10(8)14-4/h5-7,12H,1-4H3. The molecule has 0 aliphatic carbocycles. The molecule has 0 aliphatic heterocycles. The number of methoxy groups -OCH3 is 2. The Bertz CT molecular complexity index is 313. The zero-order valence-electron chi connectivity index (χ0n) is 9.00. The van der Waals surface area contributed by atoms with E-state index < -0.39 is 5.60 Å². The number of benzene rings is 1. The van der Waals surface area contributed by atoms with Crippen LogP contribution < -0.4 is 9.47 Å². The molecule has 3 heteroatoms. The van der Waals surface area contributed by atoms with E-state index in [1.165, 1.54) is 0 Å². The van der Waals surface area contributed by atoms with E-state index in [-0.39, 0.29) is 0 Å². The van der Waals surface area contributed by atoms with Gasteiger partial charge in [-0.05, 0) is 19.9 Å². The van der Waals surface area contributed by atoms with Crippen molar-refractivity contribution in [1.82, 2.24) is 0 Å². The van der Waals surface area contributed by atoms with Crippen LogP contribution in [-0.2, 0) is 5.60 Å². The van der Waals surface area contributed by atoms with Crippen molar-refractivity contribution < 1.29 is 14.6 Å². The van der Waals surface area contributed by atoms with Crippen LogP contribution in [0.2, 0.25) is 0 Å². The van der Waals surface area contributed by atoms with Crippen LogP contribution in [0.25, 0.3) is 0 Å². The summed E-state index contributed by atoms with van der Waals surface area (Å²) in [4.78, 5) is 0. The fraction of sp³-hybridized carbons (Fsp3) is 0.455. The maximum absolute atomic E-state index is 9.89. The lowest BCUT2D eigenvalue weighted by Crippen LogP contribution is -2.17. The molecule has 0 saturated carbocycles. The average molecular weight is 196 g/mol. The molecule has 1 aromatic rings. The highest BCUT2D eigenvalue weighted by molar-refractivity contribution is 5.48. The highest BCUT2D eigenvalue weighted by atomic mass is 16.5. The van der Waals surface area contributed by atoms with Gasteiger partial charge < -0.3 is 14.6 Å². The molecule has 0 radical (unpaired) electrons. The van der Waals surface area contributed by atoms with Crippen LogP contribution >= 0.6 is 0 Å². The Kier molecular flexibility index (Phi) is 3.01. The Hall–Kier alpha value is -1.22. The molecule has 0 unspecified atom stereocenters. The molecule has 0 fully saturated rings. The predicted molar refractivity (Wildman–Crippen MR) is 54.8 cm³/mol. The third-order valence-electron chi connectivity index (χ3n) is 2.06. The molecular weight excluding hydrogens is 180 g/mol. The third kappa shape index (κ3) is 1.99. The minimum atomic E-state index is -0.931. The van der Waals surface area contributed by atoms with Crippen LogP contribution in [0.15, 0.2) is 18.2 Å². The number of aliphatic hydroxyl groups is 1. The topological polar surface area (TPSA) is 38.7 Å². The second-order valence-electron chi connectivity index (χ2n) is 3.60. The summed E-state index contributed by atoms with van der Waals surface area (Å²) in [6.45, 7) is 3.43. The summed E-state index contributed by atoms with van der Waals surface area (Å²) >= 11 is 0. The van der Waals surface area contributed by atoms with Crippen molar-refractivity contribution in [3.8, 4) is 11.5 Å². The van der Waals surface area contributed by atoms with Crippen molar-refractivity contribution in [2.45, 2.75) is 19.4 Å². The van der Waals surface area contributed by atoms with Crippen LogP contribution in [0, 0.1) is 0 Å². The van der Waals surface area contributed by atoms with Crippen LogP contribution in [0.3, 0.4) is 0 Å². The zero-order chi connectivity index (χ0) is 10.8. The molecule has 0 spiro atoms. The molecule has 1 aromatic carbocycles. The van der Waals surface area contributed by atoms with E-state index in [4.69, 9.17) is 9.47 Å². The summed E-state index contributed by atoms with van der Waals surface area (Å²) < 4.78 is 10.3. The van der Waals surface area contributed by atoms with Gasteiger partial charge in [0, 0.05) is 5.56 Å². The lowest BCUT2D eigenvalue weighted by Gasteiger charge is -2.22. The predicted octanol–water partition coefficient (Wildman–Crippen LogP) is 1.93. The van der Waals surface area contributed by atoms with Gasteiger partial charge in [-0.2, -0.15) is 0 Å². The lowest BCUT2D eigenvalue weighted by atomic mass is 9.97. The van der Waals surface area contributed by atoms with Crippen molar-refractivity contribution in [3.63, 3.8) is 0 Å². The Balaban J connectivity index is 3.29. The van der Waals surface area contributed by atoms with Gasteiger partial charge in [-0.15, -0.1) is 0 Å². The van der Waals surface area contributed by atoms with Gasteiger partial charge in [-0.3, -0.25) is 0 Å². The van der Waals surface area contributed by atoms with Gasteiger partial charge in [0.2, 0.25) is 0 Å². The second kappa shape index (κ2) is 3.88. The first-order valence-electron chi connectivity index (χ1n) is 4.44. The minimum absolute atomic E-state index is 0.586. The number of rotatable bonds is 3. The van der Waals surface area contributed by atoms with Gasteiger partial charge in [0.05, 0.1) is 19.8 Å². The molecule has 78 valence electrons. The fourth-order valence-corrected chi connectivity index (χ4v) is 1.37. The highest BCUT2D eigenvalue weighted by Gasteiger charge is 2.22. The van der Waals surface area contributed by atoms with E-state index in [9.17, 15) is 5.11 Å². The van der Waals surface area contributed by atoms with Gasteiger partial charge in [-0.25, -0.2) is 0 Å². The fourth-order valence-electron chi connectivity index (χ4n) is 1.37. The van der Waals surface area contributed by atoms with Gasteiger partial charge in [0.25, 0.3) is 0 Å². The number of hydrogen-bond donors (Lipinski definition) is 1. The Labute approximate surface area is 84.3 Å². The summed E-state index contributed by atoms with van der Waals surface area (Å²) in [7, 11) is 3.14. The molecule has 1 rings (SSSR count). The van der Waals surface area contributed by atoms with Gasteiger partial charge in [0.15, 0.2) is 11.5 Å². The molecule has 0 atom stereocenters. The summed E-state index contributed by atoms with van der Waals surface area (Å²) in [6, 6.07) is 5.45. The Morgan fingerprint density at radius 3 is 2.21 bits per heavy atom. The maximum atomic E-state index is 9.89. The zero-order valence-corrected chi connectivity index (χ0v) is 9.00. The minimum Gasteiger partial charge on any atom is -0.493 e. The average Bonchev–Trinajstić information content (AvgIpc) is 2.15. The van der Waals surface area contributed by atoms with Gasteiger partial charge in [0.1, 0.15) is 0 Å². The van der Waals surface area contributed by atoms with E-state index in [1.54, 1.807) is 34.1 Å². The molecular formula is C11H16O3. The summed E-state index contributed by atoms with van der Waals surface area (Å²) in [5.41, 5.74) is -0.209. The Morgan fingerprint density at radius 2 is 1.79 bits per heavy atom. The van der Waals surface area contributed by atoms with Crippen LogP contribution in [0.1, 0.15) is 19.4 Å². The van der Waals surface area contributed by atoms with Crippen molar-refractivity contribution in [2.24, 2.45) is 0 Å².